The molecule has 0 aromatic heterocycles. The predicted octanol–water partition coefficient (Wildman–Crippen LogP) is 7.51. The van der Waals surface area contributed by atoms with Crippen molar-refractivity contribution in [3.8, 4) is 0 Å². The zero-order valence-corrected chi connectivity index (χ0v) is 21.4. The third kappa shape index (κ3) is 4.70. The number of fused-ring (bicyclic) bond motifs is 5. The minimum Gasteiger partial charge on any atom is -0.300 e. The minimum atomic E-state index is 0.162. The van der Waals surface area contributed by atoms with Gasteiger partial charge in [-0.1, -0.05) is 54.0 Å². The number of allylic oxidation sites excluding steroid dienone is 2. The Morgan fingerprint density at radius 2 is 1.59 bits per heavy atom. The van der Waals surface area contributed by atoms with Gasteiger partial charge in [-0.05, 0) is 80.9 Å². The van der Waals surface area contributed by atoms with Crippen molar-refractivity contribution in [2.45, 2.75) is 106 Å². The lowest BCUT2D eigenvalue weighted by molar-refractivity contribution is -0.121. The summed E-state index contributed by atoms with van der Waals surface area (Å²) < 4.78 is 0.162. The van der Waals surface area contributed by atoms with Gasteiger partial charge < -0.3 is 0 Å². The number of ketones is 2. The second kappa shape index (κ2) is 11.2. The van der Waals surface area contributed by atoms with E-state index in [9.17, 15) is 9.59 Å². The Bertz CT molecular complexity index is 596. The van der Waals surface area contributed by atoms with E-state index < -0.39 is 0 Å². The molecule has 0 spiro atoms. The summed E-state index contributed by atoms with van der Waals surface area (Å²) in [4.78, 5) is 24.0. The molecule has 4 aliphatic rings. The van der Waals surface area contributed by atoms with Crippen molar-refractivity contribution >= 4 is 23.3 Å². The first-order valence-electron chi connectivity index (χ1n) is 12.2. The van der Waals surface area contributed by atoms with Crippen molar-refractivity contribution < 1.29 is 9.59 Å². The van der Waals surface area contributed by atoms with Crippen LogP contribution in [0.25, 0.3) is 0 Å². The van der Waals surface area contributed by atoms with Gasteiger partial charge in [0.25, 0.3) is 0 Å². The molecule has 0 aromatic rings. The molecule has 3 aliphatic carbocycles. The highest BCUT2D eigenvalue weighted by atomic mass is 32.2. The van der Waals surface area contributed by atoms with Crippen molar-refractivity contribution in [3.63, 3.8) is 0 Å². The van der Waals surface area contributed by atoms with Crippen LogP contribution < -0.4 is 0 Å². The van der Waals surface area contributed by atoms with E-state index in [-0.39, 0.29) is 16.1 Å². The van der Waals surface area contributed by atoms with Gasteiger partial charge in [-0.25, -0.2) is 0 Å². The van der Waals surface area contributed by atoms with Crippen LogP contribution in [0.3, 0.4) is 0 Å². The monoisotopic (exact) mass is 422 g/mol. The Kier molecular flexibility index (Phi) is 10.2. The van der Waals surface area contributed by atoms with E-state index in [0.29, 0.717) is 23.4 Å². The van der Waals surface area contributed by atoms with Crippen LogP contribution in [-0.4, -0.2) is 22.1 Å². The third-order valence-corrected chi connectivity index (χ3v) is 9.55. The second-order valence-corrected chi connectivity index (χ2v) is 10.2. The predicted molar refractivity (Wildman–Crippen MR) is 128 cm³/mol. The van der Waals surface area contributed by atoms with Crippen LogP contribution in [-0.2, 0) is 9.59 Å². The molecule has 3 fully saturated rings. The van der Waals surface area contributed by atoms with Gasteiger partial charge in [-0.3, -0.25) is 9.59 Å². The van der Waals surface area contributed by atoms with Crippen LogP contribution in [0.2, 0.25) is 0 Å². The summed E-state index contributed by atoms with van der Waals surface area (Å²) >= 11 is 2.08. The van der Waals surface area contributed by atoms with Gasteiger partial charge in [0.15, 0.2) is 5.78 Å². The van der Waals surface area contributed by atoms with Crippen LogP contribution in [0, 0.1) is 29.1 Å². The summed E-state index contributed by atoms with van der Waals surface area (Å²) in [7, 11) is 0. The standard InChI is InChI=1S/C20H28O2S.3C2H6/c1-12(21)16-6-7-17-15-5-4-13-10-14(22)8-9-19(13,2)18(15)11-23-20(16,17)3;3*1-2/h10,15-18H,4-9,11H2,1-3H3;3*1-2H3. The Labute approximate surface area is 185 Å². The first-order chi connectivity index (χ1) is 13.9. The summed E-state index contributed by atoms with van der Waals surface area (Å²) in [6, 6.07) is 0. The Hall–Kier alpha value is -0.570. The lowest BCUT2D eigenvalue weighted by atomic mass is 9.53. The van der Waals surface area contributed by atoms with Crippen molar-refractivity contribution in [1.29, 1.82) is 0 Å². The first kappa shape index (κ1) is 26.5. The highest BCUT2D eigenvalue weighted by Gasteiger charge is 2.60. The molecular formula is C26H46O2S. The minimum absolute atomic E-state index is 0.162. The molecule has 4 rings (SSSR count). The van der Waals surface area contributed by atoms with Gasteiger partial charge in [-0.15, -0.1) is 0 Å². The Morgan fingerprint density at radius 3 is 2.17 bits per heavy atom. The van der Waals surface area contributed by atoms with E-state index in [1.54, 1.807) is 6.92 Å². The molecule has 1 heterocycles. The maximum Gasteiger partial charge on any atom is 0.155 e. The van der Waals surface area contributed by atoms with E-state index in [4.69, 9.17) is 0 Å². The summed E-state index contributed by atoms with van der Waals surface area (Å²) in [5.74, 6) is 4.30. The van der Waals surface area contributed by atoms with Gasteiger partial charge in [0.05, 0.1) is 0 Å². The number of hydrogen-bond acceptors (Lipinski definition) is 3. The van der Waals surface area contributed by atoms with E-state index >= 15 is 0 Å². The van der Waals surface area contributed by atoms with Crippen LogP contribution >= 0.6 is 11.8 Å². The first-order valence-corrected chi connectivity index (χ1v) is 13.2. The van der Waals surface area contributed by atoms with E-state index in [0.717, 1.165) is 31.6 Å². The molecule has 1 aliphatic heterocycles. The van der Waals surface area contributed by atoms with Gasteiger partial charge in [0.2, 0.25) is 0 Å². The van der Waals surface area contributed by atoms with Gasteiger partial charge in [0.1, 0.15) is 5.78 Å². The number of rotatable bonds is 1. The van der Waals surface area contributed by atoms with Crippen LogP contribution in [0.15, 0.2) is 11.6 Å². The van der Waals surface area contributed by atoms with Gasteiger partial charge >= 0.3 is 0 Å². The lowest BCUT2D eigenvalue weighted by Gasteiger charge is -2.57. The molecule has 2 saturated carbocycles. The lowest BCUT2D eigenvalue weighted by Crippen LogP contribution is -2.53. The molecule has 1 saturated heterocycles. The SMILES string of the molecule is CC.CC.CC.CC(=O)C1CCC2C3CCC4=CC(=O)CCC4(C)C3CSC12C. The average Bonchev–Trinajstić information content (AvgIpc) is 3.10. The number of thioether (sulfide) groups is 1. The van der Waals surface area contributed by atoms with Gasteiger partial charge in [-0.2, -0.15) is 11.8 Å². The maximum absolute atomic E-state index is 12.1. The highest BCUT2D eigenvalue weighted by molar-refractivity contribution is 8.00. The number of carbonyl (C=O) groups is 2. The van der Waals surface area contributed by atoms with Crippen LogP contribution in [0.1, 0.15) is 101 Å². The van der Waals surface area contributed by atoms with E-state index in [1.807, 2.05) is 47.6 Å². The molecule has 2 nitrogen and oxygen atoms in total. The smallest absolute Gasteiger partial charge is 0.155 e. The zero-order chi connectivity index (χ0) is 22.4. The van der Waals surface area contributed by atoms with Crippen molar-refractivity contribution in [2.75, 3.05) is 5.75 Å². The molecule has 6 atom stereocenters. The molecule has 0 amide bonds. The fourth-order valence-electron chi connectivity index (χ4n) is 6.44. The van der Waals surface area contributed by atoms with Crippen LogP contribution in [0.4, 0.5) is 0 Å². The molecule has 6 unspecified atom stereocenters. The molecule has 0 aromatic carbocycles. The topological polar surface area (TPSA) is 34.1 Å². The van der Waals surface area contributed by atoms with Gasteiger partial charge in [0, 0.05) is 17.1 Å². The Morgan fingerprint density at radius 1 is 0.966 bits per heavy atom. The third-order valence-electron chi connectivity index (χ3n) is 7.82. The molecule has 0 radical (unpaired) electrons. The largest absolute Gasteiger partial charge is 0.300 e. The molecule has 0 N–H and O–H groups in total. The van der Waals surface area contributed by atoms with E-state index in [1.165, 1.54) is 24.2 Å². The summed E-state index contributed by atoms with van der Waals surface area (Å²) in [5, 5.41) is 0. The summed E-state index contributed by atoms with van der Waals surface area (Å²) in [6.45, 7) is 18.6. The van der Waals surface area contributed by atoms with E-state index in [2.05, 4.69) is 25.6 Å². The highest BCUT2D eigenvalue weighted by Crippen LogP contribution is 2.65. The normalized spacial score (nSPS) is 39.5. The van der Waals surface area contributed by atoms with Crippen molar-refractivity contribution in [3.05, 3.63) is 11.6 Å². The maximum atomic E-state index is 12.1. The molecule has 0 bridgehead atoms. The zero-order valence-electron chi connectivity index (χ0n) is 20.6. The number of Topliss-reactive ketones (excluding diaryl/α,β-unsaturated/α-hetero) is 1. The number of carbonyl (C=O) groups excluding carboxylic acids is 2. The molecule has 29 heavy (non-hydrogen) atoms. The van der Waals surface area contributed by atoms with Crippen LogP contribution in [0.5, 0.6) is 0 Å². The number of hydrogen-bond donors (Lipinski definition) is 0. The molecular weight excluding hydrogens is 376 g/mol. The quantitative estimate of drug-likeness (QED) is 0.438. The second-order valence-electron chi connectivity index (χ2n) is 8.70. The average molecular weight is 423 g/mol. The summed E-state index contributed by atoms with van der Waals surface area (Å²) in [5.41, 5.74) is 1.67. The fraction of sp³-hybridized carbons (Fsp3) is 0.846. The fourth-order valence-corrected chi connectivity index (χ4v) is 8.59. The molecule has 168 valence electrons. The molecule has 3 heteroatoms. The van der Waals surface area contributed by atoms with Crippen molar-refractivity contribution in [1.82, 2.24) is 0 Å². The summed E-state index contributed by atoms with van der Waals surface area (Å²) in [6.07, 6.45) is 8.39. The Balaban J connectivity index is 0.000000644. The van der Waals surface area contributed by atoms with Crippen molar-refractivity contribution in [2.24, 2.45) is 29.1 Å².